The number of hydrazone groups is 1. The van der Waals surface area contributed by atoms with Crippen molar-refractivity contribution in [2.45, 2.75) is 38.1 Å². The van der Waals surface area contributed by atoms with Crippen LogP contribution in [0.15, 0.2) is 28.5 Å². The zero-order valence-electron chi connectivity index (χ0n) is 16.1. The van der Waals surface area contributed by atoms with E-state index < -0.39 is 0 Å². The molecule has 1 aromatic carbocycles. The first-order valence-corrected chi connectivity index (χ1v) is 9.84. The quantitative estimate of drug-likeness (QED) is 0.594. The van der Waals surface area contributed by atoms with Crippen molar-refractivity contribution in [2.24, 2.45) is 10.8 Å². The summed E-state index contributed by atoms with van der Waals surface area (Å²) in [5.41, 5.74) is 13.2. The number of hydrogen-bond acceptors (Lipinski definition) is 6. The molecule has 2 heterocycles. The minimum atomic E-state index is 0.0933. The molecule has 0 bridgehead atoms. The van der Waals surface area contributed by atoms with Crippen LogP contribution in [0.25, 0.3) is 0 Å². The normalized spacial score (nSPS) is 22.4. The Hall–Kier alpha value is -2.61. The van der Waals surface area contributed by atoms with Gasteiger partial charge < -0.3 is 20.1 Å². The maximum atomic E-state index is 12.7. The first kappa shape index (κ1) is 18.7. The maximum Gasteiger partial charge on any atom is 0.184 e. The standard InChI is InChI=1S/C20H24N4O3S/c1-26-17-8-11-6-7-24-14-4-3-5-16(25)19(14)13(22-23-20(21)28)10-15(24)12(11)9-18(17)27-2/h8-9,15H,3-7,10H2,1-2H3,(H3,21,23,28)/b22-13+. The minimum absolute atomic E-state index is 0.0933. The van der Waals surface area contributed by atoms with E-state index in [4.69, 9.17) is 27.4 Å². The van der Waals surface area contributed by atoms with Gasteiger partial charge in [0.15, 0.2) is 22.4 Å². The summed E-state index contributed by atoms with van der Waals surface area (Å²) in [5.74, 6) is 1.60. The van der Waals surface area contributed by atoms with E-state index in [-0.39, 0.29) is 16.9 Å². The highest BCUT2D eigenvalue weighted by Crippen LogP contribution is 2.46. The number of Topliss-reactive ketones (excluding diaryl/α,β-unsaturated/α-hetero) is 1. The third-order valence-corrected chi connectivity index (χ3v) is 5.80. The van der Waals surface area contributed by atoms with Gasteiger partial charge in [-0.05, 0) is 54.7 Å². The van der Waals surface area contributed by atoms with Crippen LogP contribution >= 0.6 is 12.2 Å². The lowest BCUT2D eigenvalue weighted by molar-refractivity contribution is -0.115. The molecule has 28 heavy (non-hydrogen) atoms. The average molecular weight is 401 g/mol. The van der Waals surface area contributed by atoms with Gasteiger partial charge in [0, 0.05) is 25.1 Å². The van der Waals surface area contributed by atoms with Crippen LogP contribution in [-0.4, -0.2) is 42.3 Å². The zero-order chi connectivity index (χ0) is 19.8. The van der Waals surface area contributed by atoms with Gasteiger partial charge in [-0.2, -0.15) is 5.10 Å². The SMILES string of the molecule is COc1cc2c(cc1OC)C1C/C(=N\NC(N)=S)C3=C(CCCC3=O)N1CC2. The Labute approximate surface area is 169 Å². The van der Waals surface area contributed by atoms with Gasteiger partial charge in [0.05, 0.1) is 31.5 Å². The monoisotopic (exact) mass is 400 g/mol. The molecule has 0 amide bonds. The summed E-state index contributed by atoms with van der Waals surface area (Å²) < 4.78 is 11.0. The Morgan fingerprint density at radius 3 is 2.71 bits per heavy atom. The number of carbonyl (C=O) groups excluding carboxylic acids is 1. The molecule has 3 N–H and O–H groups in total. The number of nitrogens with zero attached hydrogens (tertiary/aromatic N) is 2. The molecule has 1 aliphatic carbocycles. The fourth-order valence-corrected chi connectivity index (χ4v) is 4.57. The van der Waals surface area contributed by atoms with Crippen LogP contribution < -0.4 is 20.6 Å². The van der Waals surface area contributed by atoms with Crippen LogP contribution in [0.1, 0.15) is 42.9 Å². The summed E-state index contributed by atoms with van der Waals surface area (Å²) in [6, 6.07) is 4.21. The third kappa shape index (κ3) is 3.11. The molecule has 0 radical (unpaired) electrons. The van der Waals surface area contributed by atoms with Crippen LogP contribution in [-0.2, 0) is 11.2 Å². The molecular weight excluding hydrogens is 376 g/mol. The highest BCUT2D eigenvalue weighted by molar-refractivity contribution is 7.80. The Morgan fingerprint density at radius 1 is 1.25 bits per heavy atom. The molecule has 2 aliphatic heterocycles. The Kier molecular flexibility index (Phi) is 4.97. The number of hydrogen-bond donors (Lipinski definition) is 2. The Balaban J connectivity index is 1.82. The summed E-state index contributed by atoms with van der Waals surface area (Å²) in [6.45, 7) is 0.870. The van der Waals surface area contributed by atoms with Crippen LogP contribution in [0.4, 0.5) is 0 Å². The van der Waals surface area contributed by atoms with E-state index in [1.54, 1.807) is 14.2 Å². The summed E-state index contributed by atoms with van der Waals surface area (Å²) in [5, 5.41) is 4.49. The molecule has 0 aromatic heterocycles. The number of benzene rings is 1. The van der Waals surface area contributed by atoms with Gasteiger partial charge in [-0.25, -0.2) is 0 Å². The third-order valence-electron chi connectivity index (χ3n) is 5.71. The molecule has 3 aliphatic rings. The number of nitrogens with one attached hydrogen (secondary N) is 1. The molecule has 0 spiro atoms. The van der Waals surface area contributed by atoms with Crippen molar-refractivity contribution in [2.75, 3.05) is 20.8 Å². The Bertz CT molecular complexity index is 909. The van der Waals surface area contributed by atoms with Crippen molar-refractivity contribution < 1.29 is 14.3 Å². The van der Waals surface area contributed by atoms with Crippen LogP contribution in [0, 0.1) is 0 Å². The van der Waals surface area contributed by atoms with Crippen LogP contribution in [0.3, 0.4) is 0 Å². The van der Waals surface area contributed by atoms with E-state index in [1.807, 2.05) is 0 Å². The number of ketones is 1. The average Bonchev–Trinajstić information content (AvgIpc) is 2.70. The molecule has 0 fully saturated rings. The van der Waals surface area contributed by atoms with Gasteiger partial charge in [-0.3, -0.25) is 10.2 Å². The van der Waals surface area contributed by atoms with E-state index in [0.29, 0.717) is 18.6 Å². The van der Waals surface area contributed by atoms with Crippen molar-refractivity contribution >= 4 is 28.8 Å². The Morgan fingerprint density at radius 2 is 2.00 bits per heavy atom. The van der Waals surface area contributed by atoms with Gasteiger partial charge in [0.2, 0.25) is 0 Å². The van der Waals surface area contributed by atoms with Crippen molar-refractivity contribution in [1.29, 1.82) is 0 Å². The molecule has 1 aromatic rings. The summed E-state index contributed by atoms with van der Waals surface area (Å²) in [6.07, 6.45) is 3.82. The maximum absolute atomic E-state index is 12.7. The molecule has 0 saturated carbocycles. The number of carbonyl (C=O) groups is 1. The van der Waals surface area contributed by atoms with Gasteiger partial charge in [-0.1, -0.05) is 0 Å². The van der Waals surface area contributed by atoms with E-state index >= 15 is 0 Å². The summed E-state index contributed by atoms with van der Waals surface area (Å²) in [4.78, 5) is 15.1. The van der Waals surface area contributed by atoms with Crippen LogP contribution in [0.5, 0.6) is 11.5 Å². The molecule has 1 unspecified atom stereocenters. The number of thiocarbonyl (C=S) groups is 1. The van der Waals surface area contributed by atoms with E-state index in [0.717, 1.165) is 48.5 Å². The number of methoxy groups -OCH3 is 2. The lowest BCUT2D eigenvalue weighted by atomic mass is 9.79. The number of rotatable bonds is 3. The predicted octanol–water partition coefficient (Wildman–Crippen LogP) is 2.20. The molecule has 148 valence electrons. The number of ether oxygens (including phenoxy) is 2. The zero-order valence-corrected chi connectivity index (χ0v) is 16.9. The first-order valence-electron chi connectivity index (χ1n) is 9.43. The lowest BCUT2D eigenvalue weighted by Crippen LogP contribution is -2.44. The molecule has 4 rings (SSSR count). The second kappa shape index (κ2) is 7.43. The highest BCUT2D eigenvalue weighted by atomic mass is 32.1. The van der Waals surface area contributed by atoms with Gasteiger partial charge >= 0.3 is 0 Å². The van der Waals surface area contributed by atoms with E-state index in [1.165, 1.54) is 11.1 Å². The number of allylic oxidation sites excluding steroid dienone is 2. The smallest absolute Gasteiger partial charge is 0.184 e. The van der Waals surface area contributed by atoms with Crippen molar-refractivity contribution in [3.8, 4) is 11.5 Å². The molecule has 7 nitrogen and oxygen atoms in total. The second-order valence-corrected chi connectivity index (χ2v) is 7.64. The topological polar surface area (TPSA) is 89.2 Å². The highest BCUT2D eigenvalue weighted by Gasteiger charge is 2.40. The van der Waals surface area contributed by atoms with Crippen LogP contribution in [0.2, 0.25) is 0 Å². The molecule has 0 saturated heterocycles. The van der Waals surface area contributed by atoms with Crippen molar-refractivity contribution in [1.82, 2.24) is 10.3 Å². The van der Waals surface area contributed by atoms with E-state index in [2.05, 4.69) is 27.6 Å². The lowest BCUT2D eigenvalue weighted by Gasteiger charge is -2.46. The van der Waals surface area contributed by atoms with E-state index in [9.17, 15) is 4.79 Å². The summed E-state index contributed by atoms with van der Waals surface area (Å²) in [7, 11) is 3.29. The first-order chi connectivity index (χ1) is 13.5. The van der Waals surface area contributed by atoms with Gasteiger partial charge in [-0.15, -0.1) is 0 Å². The molecular formula is C20H24N4O3S. The fourth-order valence-electron chi connectivity index (χ4n) is 4.52. The number of fused-ring (bicyclic) bond motifs is 4. The summed E-state index contributed by atoms with van der Waals surface area (Å²) >= 11 is 4.90. The fraction of sp³-hybridized carbons (Fsp3) is 0.450. The predicted molar refractivity (Wildman–Crippen MR) is 111 cm³/mol. The van der Waals surface area contributed by atoms with Gasteiger partial charge in [0.25, 0.3) is 0 Å². The minimum Gasteiger partial charge on any atom is -0.493 e. The number of nitrogens with two attached hydrogens (primary N) is 1. The molecule has 8 heteroatoms. The van der Waals surface area contributed by atoms with Crippen molar-refractivity contribution in [3.63, 3.8) is 0 Å². The van der Waals surface area contributed by atoms with Gasteiger partial charge in [0.1, 0.15) is 0 Å². The largest absolute Gasteiger partial charge is 0.493 e. The van der Waals surface area contributed by atoms with Crippen molar-refractivity contribution in [3.05, 3.63) is 34.5 Å². The second-order valence-electron chi connectivity index (χ2n) is 7.20. The molecule has 1 atom stereocenters.